The topological polar surface area (TPSA) is 37.3 Å². The molecule has 0 aromatic rings. The molecule has 0 bridgehead atoms. The first-order valence-electron chi connectivity index (χ1n) is 5.45. The lowest BCUT2D eigenvalue weighted by Crippen LogP contribution is -2.19. The summed E-state index contributed by atoms with van der Waals surface area (Å²) in [6, 6.07) is 0. The molecule has 14 heavy (non-hydrogen) atoms. The quantitative estimate of drug-likeness (QED) is 0.703. The average Bonchev–Trinajstić information content (AvgIpc) is 2.13. The van der Waals surface area contributed by atoms with Gasteiger partial charge in [0.2, 0.25) is 0 Å². The van der Waals surface area contributed by atoms with Crippen molar-refractivity contribution in [3.8, 4) is 0 Å². The minimum Gasteiger partial charge on any atom is -0.481 e. The van der Waals surface area contributed by atoms with Gasteiger partial charge in [-0.05, 0) is 44.9 Å². The number of carboxylic acid groups (broad SMARTS) is 1. The van der Waals surface area contributed by atoms with Gasteiger partial charge < -0.3 is 5.11 Å². The van der Waals surface area contributed by atoms with Gasteiger partial charge in [0.15, 0.2) is 0 Å². The maximum absolute atomic E-state index is 10.6. The van der Waals surface area contributed by atoms with E-state index in [0.29, 0.717) is 12.3 Å². The van der Waals surface area contributed by atoms with E-state index in [-0.39, 0.29) is 5.92 Å². The highest BCUT2D eigenvalue weighted by atomic mass is 16.4. The highest BCUT2D eigenvalue weighted by molar-refractivity contribution is 5.67. The fourth-order valence-corrected chi connectivity index (χ4v) is 2.46. The lowest BCUT2D eigenvalue weighted by molar-refractivity contribution is -0.137. The second-order valence-corrected chi connectivity index (χ2v) is 4.34. The van der Waals surface area contributed by atoms with Crippen molar-refractivity contribution in [2.24, 2.45) is 11.8 Å². The van der Waals surface area contributed by atoms with E-state index in [1.807, 2.05) is 0 Å². The van der Waals surface area contributed by atoms with Gasteiger partial charge in [-0.2, -0.15) is 0 Å². The maximum Gasteiger partial charge on any atom is 0.303 e. The molecule has 2 atom stereocenters. The molecule has 0 aliphatic heterocycles. The first kappa shape index (κ1) is 11.3. The molecule has 80 valence electrons. The van der Waals surface area contributed by atoms with E-state index >= 15 is 0 Å². The number of hydrogen-bond acceptors (Lipinski definition) is 1. The molecule has 2 heteroatoms. The molecule has 1 rings (SSSR count). The van der Waals surface area contributed by atoms with E-state index in [0.717, 1.165) is 12.8 Å². The first-order valence-corrected chi connectivity index (χ1v) is 5.45. The molecule has 0 amide bonds. The van der Waals surface area contributed by atoms with Crippen LogP contribution in [-0.2, 0) is 4.79 Å². The van der Waals surface area contributed by atoms with Crippen molar-refractivity contribution in [1.29, 1.82) is 0 Å². The van der Waals surface area contributed by atoms with Crippen molar-refractivity contribution >= 4 is 5.97 Å². The minimum atomic E-state index is -0.669. The van der Waals surface area contributed by atoms with Crippen LogP contribution < -0.4 is 0 Å². The van der Waals surface area contributed by atoms with E-state index in [2.05, 4.69) is 20.8 Å². The zero-order valence-corrected chi connectivity index (χ0v) is 9.34. The second-order valence-electron chi connectivity index (χ2n) is 4.34. The van der Waals surface area contributed by atoms with E-state index in [4.69, 9.17) is 5.11 Å². The molecular formula is C12H20O2. The Morgan fingerprint density at radius 2 is 1.79 bits per heavy atom. The smallest absolute Gasteiger partial charge is 0.303 e. The summed E-state index contributed by atoms with van der Waals surface area (Å²) in [6.45, 7) is 6.47. The molecule has 0 heterocycles. The molecule has 0 saturated carbocycles. The molecule has 0 spiro atoms. The highest BCUT2D eigenvalue weighted by Crippen LogP contribution is 2.36. The van der Waals surface area contributed by atoms with Crippen LogP contribution in [-0.4, -0.2) is 11.1 Å². The second kappa shape index (κ2) is 4.63. The lowest BCUT2D eigenvalue weighted by Gasteiger charge is -2.30. The summed E-state index contributed by atoms with van der Waals surface area (Å²) in [5.41, 5.74) is 2.76. The van der Waals surface area contributed by atoms with Gasteiger partial charge in [-0.3, -0.25) is 4.79 Å². The van der Waals surface area contributed by atoms with Crippen molar-refractivity contribution in [3.63, 3.8) is 0 Å². The minimum absolute atomic E-state index is 0.287. The number of carboxylic acids is 1. The van der Waals surface area contributed by atoms with Crippen LogP contribution in [0, 0.1) is 11.8 Å². The highest BCUT2D eigenvalue weighted by Gasteiger charge is 2.25. The van der Waals surface area contributed by atoms with Crippen molar-refractivity contribution < 1.29 is 9.90 Å². The Labute approximate surface area is 86.0 Å². The Morgan fingerprint density at radius 3 is 2.29 bits per heavy atom. The third-order valence-corrected chi connectivity index (χ3v) is 3.62. The fraction of sp³-hybridized carbons (Fsp3) is 0.750. The van der Waals surface area contributed by atoms with E-state index in [1.54, 1.807) is 0 Å². The summed E-state index contributed by atoms with van der Waals surface area (Å²) in [6.07, 6.45) is 3.70. The molecule has 1 aliphatic carbocycles. The SMILES string of the molecule is CCC1CCC(CC(=O)O)C(C)=C1C. The number of hydrogen-bond donors (Lipinski definition) is 1. The van der Waals surface area contributed by atoms with Crippen LogP contribution >= 0.6 is 0 Å². The van der Waals surface area contributed by atoms with Gasteiger partial charge in [0, 0.05) is 0 Å². The van der Waals surface area contributed by atoms with Crippen molar-refractivity contribution in [2.45, 2.75) is 46.5 Å². The summed E-state index contributed by atoms with van der Waals surface area (Å²) in [5.74, 6) is 0.312. The number of allylic oxidation sites excluding steroid dienone is 2. The molecule has 1 aliphatic rings. The van der Waals surface area contributed by atoms with Gasteiger partial charge in [0.05, 0.1) is 6.42 Å². The first-order chi connectivity index (χ1) is 6.56. The van der Waals surface area contributed by atoms with Crippen molar-refractivity contribution in [1.82, 2.24) is 0 Å². The van der Waals surface area contributed by atoms with Crippen LogP contribution in [0.15, 0.2) is 11.1 Å². The van der Waals surface area contributed by atoms with Crippen LogP contribution in [0.2, 0.25) is 0 Å². The van der Waals surface area contributed by atoms with Gasteiger partial charge >= 0.3 is 5.97 Å². The molecule has 0 saturated heterocycles. The predicted octanol–water partition coefficient (Wildman–Crippen LogP) is 3.23. The summed E-state index contributed by atoms with van der Waals surface area (Å²) < 4.78 is 0. The average molecular weight is 196 g/mol. The zero-order chi connectivity index (χ0) is 10.7. The largest absolute Gasteiger partial charge is 0.481 e. The molecule has 0 fully saturated rings. The molecule has 0 radical (unpaired) electrons. The normalized spacial score (nSPS) is 27.9. The maximum atomic E-state index is 10.6. The Bertz CT molecular complexity index is 253. The van der Waals surface area contributed by atoms with Crippen molar-refractivity contribution in [3.05, 3.63) is 11.1 Å². The van der Waals surface area contributed by atoms with Gasteiger partial charge in [0.1, 0.15) is 0 Å². The Kier molecular flexibility index (Phi) is 3.73. The monoisotopic (exact) mass is 196 g/mol. The number of rotatable bonds is 3. The summed E-state index contributed by atoms with van der Waals surface area (Å²) >= 11 is 0. The number of carbonyl (C=O) groups is 1. The van der Waals surface area contributed by atoms with Crippen LogP contribution in [0.1, 0.15) is 46.5 Å². The number of aliphatic carboxylic acids is 1. The zero-order valence-electron chi connectivity index (χ0n) is 9.34. The van der Waals surface area contributed by atoms with Crippen molar-refractivity contribution in [2.75, 3.05) is 0 Å². The van der Waals surface area contributed by atoms with E-state index in [9.17, 15) is 4.79 Å². The van der Waals surface area contributed by atoms with Gasteiger partial charge in [-0.1, -0.05) is 18.1 Å². The molecule has 1 N–H and O–H groups in total. The van der Waals surface area contributed by atoms with Gasteiger partial charge in [0.25, 0.3) is 0 Å². The van der Waals surface area contributed by atoms with Gasteiger partial charge in [-0.15, -0.1) is 0 Å². The van der Waals surface area contributed by atoms with Crippen LogP contribution in [0.3, 0.4) is 0 Å². The Morgan fingerprint density at radius 1 is 1.29 bits per heavy atom. The predicted molar refractivity (Wildman–Crippen MR) is 57.1 cm³/mol. The Hall–Kier alpha value is -0.790. The van der Waals surface area contributed by atoms with E-state index < -0.39 is 5.97 Å². The van der Waals surface area contributed by atoms with Crippen LogP contribution in [0.5, 0.6) is 0 Å². The third kappa shape index (κ3) is 2.37. The van der Waals surface area contributed by atoms with E-state index in [1.165, 1.54) is 17.6 Å². The van der Waals surface area contributed by atoms with Crippen LogP contribution in [0.4, 0.5) is 0 Å². The standard InChI is InChI=1S/C12H20O2/c1-4-10-5-6-11(7-12(13)14)9(3)8(10)2/h10-11H,4-7H2,1-3H3,(H,13,14). The molecule has 0 aromatic heterocycles. The third-order valence-electron chi connectivity index (χ3n) is 3.62. The molecule has 0 aromatic carbocycles. The van der Waals surface area contributed by atoms with Crippen LogP contribution in [0.25, 0.3) is 0 Å². The molecular weight excluding hydrogens is 176 g/mol. The lowest BCUT2D eigenvalue weighted by atomic mass is 9.75. The Balaban J connectivity index is 2.75. The summed E-state index contributed by atoms with van der Waals surface area (Å²) in [7, 11) is 0. The summed E-state index contributed by atoms with van der Waals surface area (Å²) in [5, 5.41) is 8.77. The molecule has 2 unspecified atom stereocenters. The molecule has 2 nitrogen and oxygen atoms in total. The van der Waals surface area contributed by atoms with Gasteiger partial charge in [-0.25, -0.2) is 0 Å². The fourth-order valence-electron chi connectivity index (χ4n) is 2.46. The summed E-state index contributed by atoms with van der Waals surface area (Å²) in [4.78, 5) is 10.6.